The standard InChI is InChI=1S/C9H16O2Si/c1-7-5-6-8(2)9(7)12(10-3)11-4/h5-7,12H,1-4H3. The molecule has 0 amide bonds. The summed E-state index contributed by atoms with van der Waals surface area (Å²) in [4.78, 5) is 0. The van der Waals surface area contributed by atoms with Crippen molar-refractivity contribution in [2.75, 3.05) is 14.2 Å². The molecule has 0 spiro atoms. The van der Waals surface area contributed by atoms with E-state index in [1.54, 1.807) is 14.2 Å². The molecule has 1 aliphatic rings. The van der Waals surface area contributed by atoms with Gasteiger partial charge in [-0.2, -0.15) is 0 Å². The zero-order valence-electron chi connectivity index (χ0n) is 8.13. The lowest BCUT2D eigenvalue weighted by atomic mass is 10.2. The Balaban J connectivity index is 2.80. The highest BCUT2D eigenvalue weighted by Gasteiger charge is 2.25. The molecule has 1 atom stereocenters. The van der Waals surface area contributed by atoms with Crippen LogP contribution in [0.25, 0.3) is 0 Å². The van der Waals surface area contributed by atoms with Gasteiger partial charge in [-0.3, -0.25) is 0 Å². The van der Waals surface area contributed by atoms with Crippen molar-refractivity contribution in [2.24, 2.45) is 5.92 Å². The highest BCUT2D eigenvalue weighted by Crippen LogP contribution is 2.26. The van der Waals surface area contributed by atoms with Crippen molar-refractivity contribution in [3.8, 4) is 0 Å². The lowest BCUT2D eigenvalue weighted by Crippen LogP contribution is -2.25. The normalized spacial score (nSPS) is 22.9. The van der Waals surface area contributed by atoms with Gasteiger partial charge in [0.25, 0.3) is 0 Å². The SMILES string of the molecule is CO[SiH](OC)C1=C(C)C=CC1C. The second-order valence-electron chi connectivity index (χ2n) is 3.09. The topological polar surface area (TPSA) is 18.5 Å². The van der Waals surface area contributed by atoms with Gasteiger partial charge < -0.3 is 8.85 Å². The van der Waals surface area contributed by atoms with Crippen molar-refractivity contribution in [3.05, 3.63) is 22.9 Å². The average Bonchev–Trinajstić information content (AvgIpc) is 2.38. The van der Waals surface area contributed by atoms with Gasteiger partial charge in [0.1, 0.15) is 0 Å². The lowest BCUT2D eigenvalue weighted by molar-refractivity contribution is 0.284. The first-order chi connectivity index (χ1) is 5.70. The third-order valence-electron chi connectivity index (χ3n) is 2.26. The third kappa shape index (κ3) is 1.68. The van der Waals surface area contributed by atoms with Gasteiger partial charge in [0.05, 0.1) is 0 Å². The summed E-state index contributed by atoms with van der Waals surface area (Å²) in [6.07, 6.45) is 4.35. The summed E-state index contributed by atoms with van der Waals surface area (Å²) in [5.74, 6) is 0.501. The monoisotopic (exact) mass is 184 g/mol. The molecule has 0 aromatic rings. The first-order valence-corrected chi connectivity index (χ1v) is 5.67. The van der Waals surface area contributed by atoms with Crippen LogP contribution in [0, 0.1) is 5.92 Å². The fourth-order valence-electron chi connectivity index (χ4n) is 1.60. The molecule has 0 saturated heterocycles. The molecule has 0 radical (unpaired) electrons. The van der Waals surface area contributed by atoms with E-state index in [0.29, 0.717) is 5.92 Å². The molecule has 12 heavy (non-hydrogen) atoms. The van der Waals surface area contributed by atoms with Gasteiger partial charge in [-0.15, -0.1) is 0 Å². The van der Waals surface area contributed by atoms with E-state index >= 15 is 0 Å². The van der Waals surface area contributed by atoms with Gasteiger partial charge in [-0.25, -0.2) is 0 Å². The molecular formula is C9H16O2Si. The van der Waals surface area contributed by atoms with Crippen molar-refractivity contribution < 1.29 is 8.85 Å². The predicted octanol–water partition coefficient (Wildman–Crippen LogP) is 1.56. The van der Waals surface area contributed by atoms with Crippen molar-refractivity contribution >= 4 is 9.28 Å². The molecule has 0 heterocycles. The van der Waals surface area contributed by atoms with Gasteiger partial charge in [-0.05, 0) is 18.0 Å². The molecule has 0 aromatic heterocycles. The van der Waals surface area contributed by atoms with Crippen LogP contribution in [0.1, 0.15) is 13.8 Å². The largest absolute Gasteiger partial charge is 0.397 e. The fourth-order valence-corrected chi connectivity index (χ4v) is 3.31. The molecule has 0 bridgehead atoms. The van der Waals surface area contributed by atoms with E-state index in [1.807, 2.05) is 0 Å². The molecule has 0 fully saturated rings. The number of hydrogen-bond donors (Lipinski definition) is 0. The van der Waals surface area contributed by atoms with Crippen LogP contribution < -0.4 is 0 Å². The summed E-state index contributed by atoms with van der Waals surface area (Å²) in [5.41, 5.74) is 1.32. The Kier molecular flexibility index (Phi) is 3.26. The second kappa shape index (κ2) is 4.03. The highest BCUT2D eigenvalue weighted by atomic mass is 28.3. The number of rotatable bonds is 3. The molecule has 3 heteroatoms. The summed E-state index contributed by atoms with van der Waals surface area (Å²) >= 11 is 0. The first kappa shape index (κ1) is 9.70. The maximum absolute atomic E-state index is 5.34. The van der Waals surface area contributed by atoms with Crippen LogP contribution >= 0.6 is 0 Å². The second-order valence-corrected chi connectivity index (χ2v) is 5.32. The zero-order valence-corrected chi connectivity index (χ0v) is 9.28. The van der Waals surface area contributed by atoms with Crippen molar-refractivity contribution in [2.45, 2.75) is 13.8 Å². The lowest BCUT2D eigenvalue weighted by Gasteiger charge is -2.17. The third-order valence-corrected chi connectivity index (χ3v) is 4.61. The molecule has 1 aliphatic carbocycles. The van der Waals surface area contributed by atoms with Gasteiger partial charge in [0.2, 0.25) is 0 Å². The smallest absolute Gasteiger partial charge is 0.352 e. The van der Waals surface area contributed by atoms with Crippen LogP contribution in [-0.4, -0.2) is 23.5 Å². The van der Waals surface area contributed by atoms with Crippen LogP contribution in [-0.2, 0) is 8.85 Å². The van der Waals surface area contributed by atoms with Crippen LogP contribution in [0.3, 0.4) is 0 Å². The molecule has 68 valence electrons. The van der Waals surface area contributed by atoms with Crippen LogP contribution in [0.5, 0.6) is 0 Å². The molecule has 0 saturated carbocycles. The summed E-state index contributed by atoms with van der Waals surface area (Å²) in [6.45, 7) is 4.30. The molecule has 1 unspecified atom stereocenters. The Morgan fingerprint density at radius 3 is 2.25 bits per heavy atom. The van der Waals surface area contributed by atoms with Crippen LogP contribution in [0.15, 0.2) is 22.9 Å². The van der Waals surface area contributed by atoms with E-state index in [4.69, 9.17) is 8.85 Å². The van der Waals surface area contributed by atoms with E-state index in [2.05, 4.69) is 26.0 Å². The Morgan fingerprint density at radius 1 is 1.33 bits per heavy atom. The summed E-state index contributed by atoms with van der Waals surface area (Å²) in [5, 5.41) is 1.38. The van der Waals surface area contributed by atoms with Crippen molar-refractivity contribution in [1.29, 1.82) is 0 Å². The predicted molar refractivity (Wildman–Crippen MR) is 52.2 cm³/mol. The maximum atomic E-state index is 5.34. The maximum Gasteiger partial charge on any atom is 0.352 e. The Bertz CT molecular complexity index is 217. The van der Waals surface area contributed by atoms with Crippen molar-refractivity contribution in [3.63, 3.8) is 0 Å². The first-order valence-electron chi connectivity index (χ1n) is 4.15. The minimum atomic E-state index is -1.54. The van der Waals surface area contributed by atoms with Gasteiger partial charge in [0, 0.05) is 14.2 Å². The number of hydrogen-bond acceptors (Lipinski definition) is 2. The van der Waals surface area contributed by atoms with E-state index in [9.17, 15) is 0 Å². The molecular weight excluding hydrogens is 168 g/mol. The summed E-state index contributed by atoms with van der Waals surface area (Å²) < 4.78 is 10.7. The number of allylic oxidation sites excluding steroid dienone is 4. The molecule has 1 rings (SSSR count). The Morgan fingerprint density at radius 2 is 1.92 bits per heavy atom. The van der Waals surface area contributed by atoms with Gasteiger partial charge in [-0.1, -0.05) is 24.6 Å². The van der Waals surface area contributed by atoms with E-state index in [1.165, 1.54) is 10.8 Å². The van der Waals surface area contributed by atoms with Crippen LogP contribution in [0.2, 0.25) is 0 Å². The van der Waals surface area contributed by atoms with Crippen LogP contribution in [0.4, 0.5) is 0 Å². The van der Waals surface area contributed by atoms with E-state index < -0.39 is 9.28 Å². The average molecular weight is 184 g/mol. The van der Waals surface area contributed by atoms with E-state index in [-0.39, 0.29) is 0 Å². The summed E-state index contributed by atoms with van der Waals surface area (Å²) in [6, 6.07) is 0. The van der Waals surface area contributed by atoms with E-state index in [0.717, 1.165) is 0 Å². The molecule has 0 aliphatic heterocycles. The minimum Gasteiger partial charge on any atom is -0.397 e. The Hall–Kier alpha value is -0.383. The zero-order chi connectivity index (χ0) is 9.14. The fraction of sp³-hybridized carbons (Fsp3) is 0.556. The minimum absolute atomic E-state index is 0.501. The molecule has 2 nitrogen and oxygen atoms in total. The quantitative estimate of drug-likeness (QED) is 0.620. The Labute approximate surface area is 75.7 Å². The van der Waals surface area contributed by atoms with Gasteiger partial charge >= 0.3 is 9.28 Å². The highest BCUT2D eigenvalue weighted by molar-refractivity contribution is 6.54. The van der Waals surface area contributed by atoms with Crippen molar-refractivity contribution in [1.82, 2.24) is 0 Å². The molecule has 0 N–H and O–H groups in total. The molecule has 0 aromatic carbocycles. The van der Waals surface area contributed by atoms with Gasteiger partial charge in [0.15, 0.2) is 0 Å². The summed E-state index contributed by atoms with van der Waals surface area (Å²) in [7, 11) is 1.91.